The molecule has 0 atom stereocenters. The van der Waals surface area contributed by atoms with Crippen molar-refractivity contribution in [1.29, 1.82) is 0 Å². The molecule has 13 heteroatoms. The zero-order chi connectivity index (χ0) is 28.4. The van der Waals surface area contributed by atoms with Crippen LogP contribution in [0.5, 0.6) is 17.4 Å². The van der Waals surface area contributed by atoms with Crippen LogP contribution in [0.4, 0.5) is 29.2 Å². The number of hydrogen-bond acceptors (Lipinski definition) is 12. The minimum Gasteiger partial charge on any atom is -0.490 e. The van der Waals surface area contributed by atoms with Gasteiger partial charge < -0.3 is 19.7 Å². The molecule has 2 aromatic heterocycles. The Morgan fingerprint density at radius 3 is 2.54 bits per heavy atom. The van der Waals surface area contributed by atoms with E-state index in [2.05, 4.69) is 40.7 Å². The molecule has 0 spiro atoms. The van der Waals surface area contributed by atoms with Crippen LogP contribution in [0.3, 0.4) is 0 Å². The molecule has 13 nitrogen and oxygen atoms in total. The average molecular weight is 556 g/mol. The maximum Gasteiger partial charge on any atom is 0.287 e. The van der Waals surface area contributed by atoms with Crippen LogP contribution in [0.25, 0.3) is 0 Å². The molecule has 210 valence electrons. The molecule has 1 aliphatic rings. The van der Waals surface area contributed by atoms with Gasteiger partial charge >= 0.3 is 0 Å². The molecular formula is C28H29N9O4. The Morgan fingerprint density at radius 2 is 1.80 bits per heavy atom. The molecule has 0 saturated carbocycles. The zero-order valence-electron chi connectivity index (χ0n) is 22.4. The van der Waals surface area contributed by atoms with Crippen molar-refractivity contribution in [2.24, 2.45) is 5.10 Å². The van der Waals surface area contributed by atoms with Gasteiger partial charge in [0.25, 0.3) is 5.69 Å². The molecule has 1 aliphatic heterocycles. The molecule has 0 bridgehead atoms. The van der Waals surface area contributed by atoms with Crippen molar-refractivity contribution in [3.63, 3.8) is 0 Å². The van der Waals surface area contributed by atoms with Gasteiger partial charge in [-0.2, -0.15) is 20.1 Å². The standard InChI is InChI=1S/C28H29N9O4/c1-2-40-24-17-20(11-13-23(24)41-25-14-12-22(19-29-25)37(38)39)18-30-35-27-32-26(31-21-9-5-3-6-10-21)33-28(34-27)36-15-7-4-8-16-36/h3,5-6,9-14,17-19H,2,4,7-8,15-16H2,1H3,(H2,31,32,33,34,35)/b30-18+. The van der Waals surface area contributed by atoms with Crippen molar-refractivity contribution in [2.75, 3.05) is 35.3 Å². The summed E-state index contributed by atoms with van der Waals surface area (Å²) in [6, 6.07) is 17.7. The van der Waals surface area contributed by atoms with Gasteiger partial charge in [-0.15, -0.1) is 0 Å². The van der Waals surface area contributed by atoms with Crippen LogP contribution in [0, 0.1) is 10.1 Å². The second kappa shape index (κ2) is 13.2. The molecule has 2 aromatic carbocycles. The number of pyridine rings is 1. The van der Waals surface area contributed by atoms with Crippen molar-refractivity contribution >= 4 is 35.4 Å². The number of nitrogens with one attached hydrogen (secondary N) is 2. The first-order valence-corrected chi connectivity index (χ1v) is 13.2. The molecule has 1 fully saturated rings. The van der Waals surface area contributed by atoms with Gasteiger partial charge in [-0.05, 0) is 62.1 Å². The molecular weight excluding hydrogens is 526 g/mol. The van der Waals surface area contributed by atoms with E-state index < -0.39 is 4.92 Å². The van der Waals surface area contributed by atoms with Crippen molar-refractivity contribution in [3.8, 4) is 17.4 Å². The second-order valence-electron chi connectivity index (χ2n) is 9.04. The minimum atomic E-state index is -0.517. The minimum absolute atomic E-state index is 0.120. The zero-order valence-corrected chi connectivity index (χ0v) is 22.4. The Hall–Kier alpha value is -5.33. The van der Waals surface area contributed by atoms with E-state index in [1.54, 1.807) is 24.4 Å². The Kier molecular flexibility index (Phi) is 8.74. The van der Waals surface area contributed by atoms with E-state index in [4.69, 9.17) is 9.47 Å². The third-order valence-electron chi connectivity index (χ3n) is 6.08. The van der Waals surface area contributed by atoms with Gasteiger partial charge in [0.2, 0.25) is 23.7 Å². The number of anilines is 4. The summed E-state index contributed by atoms with van der Waals surface area (Å²) in [5.74, 6) is 2.42. The predicted octanol–water partition coefficient (Wildman–Crippen LogP) is 5.55. The summed E-state index contributed by atoms with van der Waals surface area (Å²) in [5, 5.41) is 18.5. The highest BCUT2D eigenvalue weighted by Crippen LogP contribution is 2.32. The van der Waals surface area contributed by atoms with Gasteiger partial charge in [0.1, 0.15) is 6.20 Å². The van der Waals surface area contributed by atoms with Crippen molar-refractivity contribution in [1.82, 2.24) is 19.9 Å². The lowest BCUT2D eigenvalue weighted by Gasteiger charge is -2.26. The van der Waals surface area contributed by atoms with Gasteiger partial charge in [0.05, 0.1) is 17.7 Å². The maximum atomic E-state index is 10.9. The van der Waals surface area contributed by atoms with Crippen LogP contribution in [0.1, 0.15) is 31.7 Å². The molecule has 2 N–H and O–H groups in total. The largest absolute Gasteiger partial charge is 0.490 e. The van der Waals surface area contributed by atoms with E-state index >= 15 is 0 Å². The number of rotatable bonds is 11. The van der Waals surface area contributed by atoms with E-state index in [0.29, 0.717) is 36.0 Å². The normalized spacial score (nSPS) is 13.1. The van der Waals surface area contributed by atoms with Gasteiger partial charge in [-0.1, -0.05) is 18.2 Å². The topological polar surface area (TPSA) is 153 Å². The summed E-state index contributed by atoms with van der Waals surface area (Å²) in [7, 11) is 0. The SMILES string of the molecule is CCOc1cc(/C=N/Nc2nc(Nc3ccccc3)nc(N3CCCCC3)n2)ccc1Oc1ccc([N+](=O)[O-])cn1. The van der Waals surface area contributed by atoms with Crippen molar-refractivity contribution < 1.29 is 14.4 Å². The molecule has 0 aliphatic carbocycles. The highest BCUT2D eigenvalue weighted by molar-refractivity contribution is 5.81. The number of ether oxygens (including phenoxy) is 2. The van der Waals surface area contributed by atoms with Crippen LogP contribution in [-0.4, -0.2) is 50.8 Å². The van der Waals surface area contributed by atoms with E-state index in [-0.39, 0.29) is 11.6 Å². The number of piperidine rings is 1. The van der Waals surface area contributed by atoms with Crippen molar-refractivity contribution in [2.45, 2.75) is 26.2 Å². The lowest BCUT2D eigenvalue weighted by molar-refractivity contribution is -0.385. The Bertz CT molecular complexity index is 1490. The highest BCUT2D eigenvalue weighted by atomic mass is 16.6. The summed E-state index contributed by atoms with van der Waals surface area (Å²) in [6.07, 6.45) is 6.14. The summed E-state index contributed by atoms with van der Waals surface area (Å²) in [5.41, 5.74) is 4.40. The number of nitro groups is 1. The Balaban J connectivity index is 1.32. The van der Waals surface area contributed by atoms with E-state index in [0.717, 1.165) is 43.4 Å². The summed E-state index contributed by atoms with van der Waals surface area (Å²) in [6.45, 7) is 4.05. The number of hydrogen-bond donors (Lipinski definition) is 2. The third kappa shape index (κ3) is 7.41. The van der Waals surface area contributed by atoms with Crippen LogP contribution < -0.4 is 25.1 Å². The Labute approximate surface area is 236 Å². The van der Waals surface area contributed by atoms with Crippen molar-refractivity contribution in [3.05, 3.63) is 82.5 Å². The molecule has 5 rings (SSSR count). The average Bonchev–Trinajstić information content (AvgIpc) is 3.00. The number of hydrazone groups is 1. The summed E-state index contributed by atoms with van der Waals surface area (Å²) in [4.78, 5) is 30.2. The summed E-state index contributed by atoms with van der Waals surface area (Å²) < 4.78 is 11.5. The van der Waals surface area contributed by atoms with Gasteiger partial charge in [0.15, 0.2) is 11.5 Å². The summed E-state index contributed by atoms with van der Waals surface area (Å²) >= 11 is 0. The fraction of sp³-hybridized carbons (Fsp3) is 0.250. The molecule has 0 radical (unpaired) electrons. The monoisotopic (exact) mass is 555 g/mol. The van der Waals surface area contributed by atoms with Gasteiger partial charge in [0, 0.05) is 30.9 Å². The molecule has 3 heterocycles. The predicted molar refractivity (Wildman–Crippen MR) is 155 cm³/mol. The first kappa shape index (κ1) is 27.2. The van der Waals surface area contributed by atoms with E-state index in [1.165, 1.54) is 18.6 Å². The first-order chi connectivity index (χ1) is 20.1. The van der Waals surface area contributed by atoms with E-state index in [9.17, 15) is 10.1 Å². The van der Waals surface area contributed by atoms with Crippen LogP contribution in [-0.2, 0) is 0 Å². The lowest BCUT2D eigenvalue weighted by Crippen LogP contribution is -2.31. The Morgan fingerprint density at radius 1 is 1.00 bits per heavy atom. The number of para-hydroxylation sites is 1. The van der Waals surface area contributed by atoms with Crippen LogP contribution in [0.15, 0.2) is 72.0 Å². The third-order valence-corrected chi connectivity index (χ3v) is 6.08. The van der Waals surface area contributed by atoms with Gasteiger partial charge in [-0.25, -0.2) is 10.4 Å². The smallest absolute Gasteiger partial charge is 0.287 e. The molecule has 4 aromatic rings. The first-order valence-electron chi connectivity index (χ1n) is 13.2. The fourth-order valence-electron chi connectivity index (χ4n) is 4.13. The molecule has 0 unspecified atom stereocenters. The lowest BCUT2D eigenvalue weighted by atomic mass is 10.1. The maximum absolute atomic E-state index is 10.9. The highest BCUT2D eigenvalue weighted by Gasteiger charge is 2.17. The van der Waals surface area contributed by atoms with Crippen LogP contribution >= 0.6 is 0 Å². The number of benzene rings is 2. The van der Waals surface area contributed by atoms with E-state index in [1.807, 2.05) is 37.3 Å². The van der Waals surface area contributed by atoms with Crippen LogP contribution in [0.2, 0.25) is 0 Å². The quantitative estimate of drug-likeness (QED) is 0.136. The second-order valence-corrected chi connectivity index (χ2v) is 9.04. The molecule has 1 saturated heterocycles. The fourth-order valence-corrected chi connectivity index (χ4v) is 4.13. The number of aromatic nitrogens is 4. The van der Waals surface area contributed by atoms with Gasteiger partial charge in [-0.3, -0.25) is 10.1 Å². The molecule has 0 amide bonds. The number of nitrogens with zero attached hydrogens (tertiary/aromatic N) is 7. The molecule has 41 heavy (non-hydrogen) atoms.